The maximum atomic E-state index is 13.8. The third-order valence-electron chi connectivity index (χ3n) is 4.73. The smallest absolute Gasteiger partial charge is 0.242 e. The Hall–Kier alpha value is -2.98. The van der Waals surface area contributed by atoms with Crippen LogP contribution in [-0.2, 0) is 28.3 Å². The number of amides is 1. The monoisotopic (exact) mass is 434 g/mol. The summed E-state index contributed by atoms with van der Waals surface area (Å²) in [6, 6.07) is 8.95. The number of nitrogens with one attached hydrogen (secondary N) is 1. The summed E-state index contributed by atoms with van der Waals surface area (Å²) >= 11 is 0. The third kappa shape index (κ3) is 4.29. The lowest BCUT2D eigenvalue weighted by molar-refractivity contribution is -0.116. The van der Waals surface area contributed by atoms with E-state index in [2.05, 4.69) is 10.3 Å². The molecule has 3 rings (SSSR count). The molecule has 0 unspecified atom stereocenters. The van der Waals surface area contributed by atoms with Crippen molar-refractivity contribution < 1.29 is 22.3 Å². The minimum atomic E-state index is -3.56. The van der Waals surface area contributed by atoms with Gasteiger partial charge >= 0.3 is 0 Å². The van der Waals surface area contributed by atoms with Gasteiger partial charge in [-0.2, -0.15) is 0 Å². The summed E-state index contributed by atoms with van der Waals surface area (Å²) in [5.74, 6) is -0.111. The molecule has 1 N–H and O–H groups in total. The van der Waals surface area contributed by atoms with Gasteiger partial charge in [-0.25, -0.2) is 22.1 Å². The fourth-order valence-electron chi connectivity index (χ4n) is 3.02. The Morgan fingerprint density at radius 3 is 2.60 bits per heavy atom. The minimum absolute atomic E-state index is 0.100. The summed E-state index contributed by atoms with van der Waals surface area (Å²) in [5, 5.41) is 2.64. The second-order valence-electron chi connectivity index (χ2n) is 6.92. The number of hydrogen-bond acceptors (Lipinski definition) is 5. The molecule has 0 aliphatic rings. The lowest BCUT2D eigenvalue weighted by Crippen LogP contribution is -2.22. The van der Waals surface area contributed by atoms with Crippen molar-refractivity contribution in [2.45, 2.75) is 17.7 Å². The predicted molar refractivity (Wildman–Crippen MR) is 111 cm³/mol. The quantitative estimate of drug-likeness (QED) is 0.617. The lowest BCUT2D eigenvalue weighted by Gasteiger charge is -2.10. The molecule has 1 heterocycles. The van der Waals surface area contributed by atoms with Gasteiger partial charge in [0.05, 0.1) is 23.0 Å². The number of nitrogens with zero attached hydrogens (tertiary/aromatic N) is 3. The van der Waals surface area contributed by atoms with Crippen molar-refractivity contribution in [3.63, 3.8) is 0 Å². The highest BCUT2D eigenvalue weighted by molar-refractivity contribution is 7.89. The van der Waals surface area contributed by atoms with E-state index in [0.717, 1.165) is 9.82 Å². The molecule has 0 atom stereocenters. The van der Waals surface area contributed by atoms with Crippen LogP contribution in [0.4, 0.5) is 10.1 Å². The fraction of sp³-hybridized carbons (Fsp3) is 0.300. The predicted octanol–water partition coefficient (Wildman–Crippen LogP) is 2.54. The van der Waals surface area contributed by atoms with Gasteiger partial charge in [0.15, 0.2) is 11.6 Å². The first-order valence-corrected chi connectivity index (χ1v) is 10.6. The van der Waals surface area contributed by atoms with Gasteiger partial charge in [-0.05, 0) is 30.3 Å². The first-order valence-electron chi connectivity index (χ1n) is 9.14. The molecule has 0 radical (unpaired) electrons. The van der Waals surface area contributed by atoms with E-state index in [0.29, 0.717) is 23.4 Å². The Bertz CT molecular complexity index is 1200. The molecule has 1 aromatic heterocycles. The number of hydrogen-bond donors (Lipinski definition) is 1. The molecular weight excluding hydrogens is 411 g/mol. The maximum absolute atomic E-state index is 13.8. The zero-order valence-corrected chi connectivity index (χ0v) is 18.0. The van der Waals surface area contributed by atoms with Crippen LogP contribution >= 0.6 is 0 Å². The van der Waals surface area contributed by atoms with Gasteiger partial charge in [-0.1, -0.05) is 0 Å². The van der Waals surface area contributed by atoms with Gasteiger partial charge in [0.2, 0.25) is 15.9 Å². The average Bonchev–Trinajstić information content (AvgIpc) is 3.01. The zero-order valence-electron chi connectivity index (χ0n) is 17.1. The van der Waals surface area contributed by atoms with Crippen LogP contribution in [0.3, 0.4) is 0 Å². The molecule has 0 bridgehead atoms. The number of rotatable bonds is 7. The first kappa shape index (κ1) is 21.7. The van der Waals surface area contributed by atoms with E-state index in [1.54, 1.807) is 12.1 Å². The second kappa shape index (κ2) is 8.41. The van der Waals surface area contributed by atoms with Gasteiger partial charge in [0.1, 0.15) is 5.82 Å². The fourth-order valence-corrected chi connectivity index (χ4v) is 3.94. The number of methoxy groups -OCH3 is 1. The van der Waals surface area contributed by atoms with E-state index in [4.69, 9.17) is 4.74 Å². The molecule has 0 saturated heterocycles. The highest BCUT2D eigenvalue weighted by Crippen LogP contribution is 2.23. The van der Waals surface area contributed by atoms with Crippen molar-refractivity contribution in [1.29, 1.82) is 0 Å². The molecule has 0 aliphatic heterocycles. The van der Waals surface area contributed by atoms with Gasteiger partial charge in [0, 0.05) is 45.7 Å². The molecule has 30 heavy (non-hydrogen) atoms. The number of carbonyl (C=O) groups is 1. The van der Waals surface area contributed by atoms with Crippen molar-refractivity contribution in [3.05, 3.63) is 48.0 Å². The Morgan fingerprint density at radius 2 is 1.97 bits per heavy atom. The number of aromatic nitrogens is 2. The van der Waals surface area contributed by atoms with Crippen LogP contribution in [0, 0.1) is 5.82 Å². The largest absolute Gasteiger partial charge is 0.494 e. The van der Waals surface area contributed by atoms with Crippen LogP contribution in [0.25, 0.3) is 11.0 Å². The highest BCUT2D eigenvalue weighted by atomic mass is 32.2. The van der Waals surface area contributed by atoms with Gasteiger partial charge in [-0.3, -0.25) is 4.79 Å². The number of aryl methyl sites for hydroxylation is 2. The van der Waals surface area contributed by atoms with Gasteiger partial charge < -0.3 is 14.6 Å². The Morgan fingerprint density at radius 1 is 1.23 bits per heavy atom. The van der Waals surface area contributed by atoms with Crippen LogP contribution in [0.2, 0.25) is 0 Å². The number of carbonyl (C=O) groups excluding carboxylic acids is 1. The molecule has 2 aromatic carbocycles. The van der Waals surface area contributed by atoms with E-state index in [1.165, 1.54) is 45.5 Å². The molecule has 0 spiro atoms. The standard InChI is InChI=1S/C20H23FN4O4S/c1-24(2)30(27,28)14-6-7-17-16(12-14)23-19(25(17)3)9-10-20(26)22-13-5-8-18(29-4)15(21)11-13/h5-8,11-12H,9-10H2,1-4H3,(H,22,26). The number of ether oxygens (including phenoxy) is 1. The molecule has 1 amide bonds. The third-order valence-corrected chi connectivity index (χ3v) is 6.55. The molecular formula is C20H23FN4O4S. The summed E-state index contributed by atoms with van der Waals surface area (Å²) in [6.45, 7) is 0. The summed E-state index contributed by atoms with van der Waals surface area (Å²) < 4.78 is 46.2. The summed E-state index contributed by atoms with van der Waals surface area (Å²) in [6.07, 6.45) is 0.471. The van der Waals surface area contributed by atoms with E-state index in [1.807, 2.05) is 11.6 Å². The topological polar surface area (TPSA) is 93.5 Å². The molecule has 0 saturated carbocycles. The van der Waals surface area contributed by atoms with E-state index in [9.17, 15) is 17.6 Å². The number of fused-ring (bicyclic) bond motifs is 1. The molecule has 0 aliphatic carbocycles. The summed E-state index contributed by atoms with van der Waals surface area (Å²) in [4.78, 5) is 16.9. The maximum Gasteiger partial charge on any atom is 0.242 e. The second-order valence-corrected chi connectivity index (χ2v) is 9.07. The SMILES string of the molecule is COc1ccc(NC(=O)CCc2nc3cc(S(=O)(=O)N(C)C)ccc3n2C)cc1F. The number of benzene rings is 2. The van der Waals surface area contributed by atoms with Crippen LogP contribution in [0.5, 0.6) is 5.75 Å². The number of sulfonamides is 1. The lowest BCUT2D eigenvalue weighted by atomic mass is 10.2. The Labute approximate surface area is 174 Å². The molecule has 0 fully saturated rings. The van der Waals surface area contributed by atoms with Crippen molar-refractivity contribution in [1.82, 2.24) is 13.9 Å². The van der Waals surface area contributed by atoms with E-state index in [-0.39, 0.29) is 23.0 Å². The Balaban J connectivity index is 1.73. The van der Waals surface area contributed by atoms with Gasteiger partial charge in [0.25, 0.3) is 0 Å². The average molecular weight is 434 g/mol. The first-order chi connectivity index (χ1) is 14.1. The van der Waals surface area contributed by atoms with Crippen LogP contribution in [-0.4, -0.2) is 49.4 Å². The van der Waals surface area contributed by atoms with Crippen molar-refractivity contribution in [3.8, 4) is 5.75 Å². The molecule has 3 aromatic rings. The number of imidazole rings is 1. The number of anilines is 1. The minimum Gasteiger partial charge on any atom is -0.494 e. The van der Waals surface area contributed by atoms with Crippen LogP contribution in [0.1, 0.15) is 12.2 Å². The van der Waals surface area contributed by atoms with E-state index < -0.39 is 15.8 Å². The normalized spacial score (nSPS) is 11.8. The zero-order chi connectivity index (χ0) is 22.1. The van der Waals surface area contributed by atoms with Crippen molar-refractivity contribution >= 4 is 32.7 Å². The van der Waals surface area contributed by atoms with Crippen LogP contribution < -0.4 is 10.1 Å². The molecule has 8 nitrogen and oxygen atoms in total. The molecule has 160 valence electrons. The highest BCUT2D eigenvalue weighted by Gasteiger charge is 2.19. The van der Waals surface area contributed by atoms with Crippen LogP contribution in [0.15, 0.2) is 41.3 Å². The Kier molecular flexibility index (Phi) is 6.09. The van der Waals surface area contributed by atoms with E-state index >= 15 is 0 Å². The van der Waals surface area contributed by atoms with Gasteiger partial charge in [-0.15, -0.1) is 0 Å². The molecule has 10 heteroatoms. The summed E-state index contributed by atoms with van der Waals surface area (Å²) in [7, 11) is 2.55. The van der Waals surface area contributed by atoms with Crippen molar-refractivity contribution in [2.75, 3.05) is 26.5 Å². The summed E-state index contributed by atoms with van der Waals surface area (Å²) in [5.41, 5.74) is 1.63. The number of halogens is 1. The van der Waals surface area contributed by atoms with Crippen molar-refractivity contribution in [2.24, 2.45) is 7.05 Å².